The predicted molar refractivity (Wildman–Crippen MR) is 305 cm³/mol. The molecular weight excluding hydrogens is 1020 g/mol. The Morgan fingerprint density at radius 2 is 1.46 bits per heavy atom. The third kappa shape index (κ3) is 18.5. The largest absolute Gasteiger partial charge is 0.381 e. The van der Waals surface area contributed by atoms with Crippen molar-refractivity contribution in [3.8, 4) is 0 Å². The van der Waals surface area contributed by atoms with Gasteiger partial charge in [0.2, 0.25) is 11.8 Å². The van der Waals surface area contributed by atoms with Gasteiger partial charge in [0.25, 0.3) is 17.7 Å². The molecule has 0 radical (unpaired) electrons. The number of likely N-dealkylation sites (tertiary alicyclic amines) is 1. The Morgan fingerprint density at radius 3 is 2.06 bits per heavy atom. The van der Waals surface area contributed by atoms with Gasteiger partial charge >= 0.3 is 0 Å². The van der Waals surface area contributed by atoms with Gasteiger partial charge in [-0.25, -0.2) is 5.06 Å². The first-order valence-electron chi connectivity index (χ1n) is 30.0. The van der Waals surface area contributed by atoms with Crippen LogP contribution in [-0.4, -0.2) is 185 Å². The first kappa shape index (κ1) is 66.4. The van der Waals surface area contributed by atoms with Gasteiger partial charge in [-0.05, 0) is 99.5 Å². The van der Waals surface area contributed by atoms with Crippen LogP contribution in [0.25, 0.3) is 0 Å². The Balaban J connectivity index is 1.08. The van der Waals surface area contributed by atoms with Crippen LogP contribution in [0.3, 0.4) is 0 Å². The lowest BCUT2D eigenvalue weighted by Crippen LogP contribution is -2.54. The normalized spacial score (nSPS) is 22.4. The molecule has 18 nitrogen and oxygen atoms in total. The van der Waals surface area contributed by atoms with E-state index in [1.165, 1.54) is 12.2 Å². The average Bonchev–Trinajstić information content (AvgIpc) is 3.97. The van der Waals surface area contributed by atoms with E-state index >= 15 is 0 Å². The van der Waals surface area contributed by atoms with Crippen LogP contribution >= 0.6 is 0 Å². The van der Waals surface area contributed by atoms with Crippen molar-refractivity contribution in [2.45, 2.75) is 169 Å². The molecule has 1 aliphatic carbocycles. The van der Waals surface area contributed by atoms with E-state index in [0.29, 0.717) is 85.0 Å². The van der Waals surface area contributed by atoms with Gasteiger partial charge in [-0.1, -0.05) is 92.1 Å². The number of ketones is 2. The number of rotatable bonds is 38. The lowest BCUT2D eigenvalue weighted by molar-refractivity contribution is -0.203. The summed E-state index contributed by atoms with van der Waals surface area (Å²) in [4.78, 5) is 105. The Hall–Kier alpha value is -4.43. The Labute approximate surface area is 478 Å². The molecule has 1 aromatic carbocycles. The summed E-state index contributed by atoms with van der Waals surface area (Å²) < 4.78 is 29.2. The lowest BCUT2D eigenvalue weighted by Gasteiger charge is -2.37. The van der Waals surface area contributed by atoms with Gasteiger partial charge in [0.1, 0.15) is 5.78 Å². The fourth-order valence-corrected chi connectivity index (χ4v) is 12.5. The average molecular weight is 1120 g/mol. The molecule has 2 saturated heterocycles. The van der Waals surface area contributed by atoms with E-state index in [9.17, 15) is 33.6 Å². The summed E-state index contributed by atoms with van der Waals surface area (Å²) in [6.07, 6.45) is 9.14. The fourth-order valence-electron chi connectivity index (χ4n) is 12.5. The van der Waals surface area contributed by atoms with Crippen molar-refractivity contribution in [2.24, 2.45) is 40.9 Å². The number of methoxy groups -OCH3 is 2. The van der Waals surface area contributed by atoms with Gasteiger partial charge in [-0.15, -0.1) is 0 Å². The van der Waals surface area contributed by atoms with Crippen molar-refractivity contribution in [3.05, 3.63) is 48.0 Å². The van der Waals surface area contributed by atoms with E-state index in [1.54, 1.807) is 19.3 Å². The monoisotopic (exact) mass is 1120 g/mol. The Kier molecular flexibility index (Phi) is 27.4. The molecule has 5 amide bonds. The smallest absolute Gasteiger partial charge is 0.253 e. The van der Waals surface area contributed by atoms with Gasteiger partial charge < -0.3 is 33.9 Å². The number of hydroxylamine groups is 2. The van der Waals surface area contributed by atoms with E-state index < -0.39 is 35.6 Å². The molecule has 1 saturated carbocycles. The summed E-state index contributed by atoms with van der Waals surface area (Å²) in [5.41, 5.74) is 0.558. The molecule has 1 N–H and O–H groups in total. The maximum Gasteiger partial charge on any atom is 0.253 e. The SMILES string of the molecule is CCC(C)C(CC(C)CC(=O)C(NC(=O)C(C(C)C)N(C)CCOCCOCCOCCN1C(=O)C=CC1=O)C(C)C)C(CC(=O)N1CCCC1C(OC)C(C)C(=O)CCCC1(C(=O)N2CCCCO2)CC1c1ccccc1)OC. The second kappa shape index (κ2) is 33.0. The molecule has 3 heterocycles. The summed E-state index contributed by atoms with van der Waals surface area (Å²) in [6.45, 7) is 20.5. The second-order valence-corrected chi connectivity index (χ2v) is 23.8. The van der Waals surface area contributed by atoms with E-state index in [-0.39, 0.29) is 109 Å². The number of imide groups is 1. The van der Waals surface area contributed by atoms with E-state index in [4.69, 9.17) is 28.5 Å². The number of nitrogens with zero attached hydrogens (tertiary/aromatic N) is 4. The third-order valence-electron chi connectivity index (χ3n) is 17.4. The lowest BCUT2D eigenvalue weighted by atomic mass is 9.77. The molecule has 11 atom stereocenters. The number of nitrogens with one attached hydrogen (secondary N) is 1. The van der Waals surface area contributed by atoms with Crippen molar-refractivity contribution in [3.63, 3.8) is 0 Å². The zero-order valence-electron chi connectivity index (χ0n) is 50.3. The number of hydrogen-bond acceptors (Lipinski definition) is 14. The highest BCUT2D eigenvalue weighted by molar-refractivity contribution is 6.12. The van der Waals surface area contributed by atoms with Crippen molar-refractivity contribution < 1.29 is 62.1 Å². The highest BCUT2D eigenvalue weighted by Crippen LogP contribution is 2.63. The number of carbonyl (C=O) groups is 7. The summed E-state index contributed by atoms with van der Waals surface area (Å²) in [5.74, 6) is -1.28. The number of likely N-dealkylation sites (N-methyl/N-ethyl adjacent to an activating group) is 1. The van der Waals surface area contributed by atoms with Crippen LogP contribution in [0.5, 0.6) is 0 Å². The molecule has 0 bridgehead atoms. The zero-order valence-corrected chi connectivity index (χ0v) is 50.3. The number of hydrogen-bond donors (Lipinski definition) is 1. The van der Waals surface area contributed by atoms with Crippen molar-refractivity contribution in [2.75, 3.05) is 93.7 Å². The minimum atomic E-state index is -0.679. The molecule has 450 valence electrons. The Morgan fingerprint density at radius 1 is 0.800 bits per heavy atom. The van der Waals surface area contributed by atoms with Crippen LogP contribution in [0, 0.1) is 40.9 Å². The second-order valence-electron chi connectivity index (χ2n) is 23.8. The minimum absolute atomic E-state index is 0.0225. The van der Waals surface area contributed by atoms with Crippen LogP contribution in [0.2, 0.25) is 0 Å². The first-order valence-corrected chi connectivity index (χ1v) is 30.0. The van der Waals surface area contributed by atoms with Crippen LogP contribution in [0.15, 0.2) is 42.5 Å². The molecule has 11 unspecified atom stereocenters. The maximum atomic E-state index is 14.5. The maximum absolute atomic E-state index is 14.5. The number of Topliss-reactive ketones (excluding diaryl/α,β-unsaturated/α-hetero) is 2. The van der Waals surface area contributed by atoms with Gasteiger partial charge in [0.05, 0.1) is 95.0 Å². The van der Waals surface area contributed by atoms with Crippen LogP contribution in [0.1, 0.15) is 144 Å². The minimum Gasteiger partial charge on any atom is -0.381 e. The van der Waals surface area contributed by atoms with Crippen LogP contribution < -0.4 is 5.32 Å². The van der Waals surface area contributed by atoms with Gasteiger partial charge in [-0.2, -0.15) is 0 Å². The number of ether oxygens (including phenoxy) is 5. The van der Waals surface area contributed by atoms with Crippen LogP contribution in [0.4, 0.5) is 0 Å². The molecule has 0 spiro atoms. The van der Waals surface area contributed by atoms with E-state index in [2.05, 4.69) is 38.2 Å². The molecular formula is C62H99N5O13. The van der Waals surface area contributed by atoms with E-state index in [0.717, 1.165) is 49.0 Å². The molecule has 18 heteroatoms. The molecule has 0 aromatic heterocycles. The summed E-state index contributed by atoms with van der Waals surface area (Å²) in [6, 6.07) is 8.72. The quantitative estimate of drug-likeness (QED) is 0.0514. The van der Waals surface area contributed by atoms with E-state index in [1.807, 2.05) is 69.7 Å². The molecule has 80 heavy (non-hydrogen) atoms. The number of amides is 5. The van der Waals surface area contributed by atoms with Crippen molar-refractivity contribution >= 4 is 41.1 Å². The topological polar surface area (TPSA) is 200 Å². The van der Waals surface area contributed by atoms with Gasteiger partial charge in [-0.3, -0.25) is 48.2 Å². The molecule has 4 aliphatic rings. The summed E-state index contributed by atoms with van der Waals surface area (Å²) in [7, 11) is 5.17. The third-order valence-corrected chi connectivity index (χ3v) is 17.4. The molecule has 3 fully saturated rings. The zero-order chi connectivity index (χ0) is 58.5. The summed E-state index contributed by atoms with van der Waals surface area (Å²) in [5, 5.41) is 4.70. The Bertz CT molecular complexity index is 2150. The first-order chi connectivity index (χ1) is 38.3. The predicted octanol–water partition coefficient (Wildman–Crippen LogP) is 7.22. The van der Waals surface area contributed by atoms with Crippen molar-refractivity contribution in [1.29, 1.82) is 0 Å². The highest BCUT2D eigenvalue weighted by atomic mass is 16.7. The number of benzene rings is 1. The molecule has 1 aromatic rings. The van der Waals surface area contributed by atoms with Gasteiger partial charge in [0, 0.05) is 64.8 Å². The number of carbonyl (C=O) groups excluding carboxylic acids is 7. The summed E-state index contributed by atoms with van der Waals surface area (Å²) >= 11 is 0. The van der Waals surface area contributed by atoms with Gasteiger partial charge in [0.15, 0.2) is 5.78 Å². The fraction of sp³-hybridized carbons (Fsp3) is 0.758. The molecule has 3 aliphatic heterocycles. The van der Waals surface area contributed by atoms with Crippen molar-refractivity contribution in [1.82, 2.24) is 25.1 Å². The standard InChI is InChI=1S/C62H99N5O13/c1-12-45(7)48(38-44(6)39-52(69)57(42(2)3)63-60(73)58(43(4)5)64(9)29-32-77-34-36-79-37-35-78-33-30-66-54(70)24-25-55(66)71)53(75-10)40-56(72)65-27-19-22-50(65)59(76-11)46(8)51(68)23-18-26-62(61(74)67-28-16-17-31-80-67)41-49(62)47-20-14-13-15-21-47/h13-15,20-21,24-25,42-46,48-50,53,57-59H,12,16-19,22-23,26-41H2,1-11H3,(H,63,73). The van der Waals surface area contributed by atoms with Crippen LogP contribution in [-0.2, 0) is 62.1 Å². The molecule has 5 rings (SSSR count). The highest BCUT2D eigenvalue weighted by Gasteiger charge is 2.61.